The molecular formula is C24H20ClN3O4. The minimum atomic E-state index is -0.286. The Kier molecular flexibility index (Phi) is 6.37. The van der Waals surface area contributed by atoms with Gasteiger partial charge in [0.2, 0.25) is 0 Å². The van der Waals surface area contributed by atoms with Crippen molar-refractivity contribution in [1.29, 1.82) is 0 Å². The molecule has 4 rings (SSSR count). The molecule has 2 aromatic heterocycles. The van der Waals surface area contributed by atoms with Crippen molar-refractivity contribution in [2.24, 2.45) is 0 Å². The Labute approximate surface area is 189 Å². The van der Waals surface area contributed by atoms with Crippen LogP contribution in [0.1, 0.15) is 11.3 Å². The topological polar surface area (TPSA) is 81.9 Å². The van der Waals surface area contributed by atoms with Gasteiger partial charge in [-0.05, 0) is 48.9 Å². The van der Waals surface area contributed by atoms with Gasteiger partial charge in [-0.15, -0.1) is 0 Å². The largest absolute Gasteiger partial charge is 0.487 e. The van der Waals surface area contributed by atoms with Crippen LogP contribution in [0.25, 0.3) is 5.65 Å². The van der Waals surface area contributed by atoms with Crippen molar-refractivity contribution in [2.45, 2.75) is 13.5 Å². The third-order valence-corrected chi connectivity index (χ3v) is 4.76. The van der Waals surface area contributed by atoms with Gasteiger partial charge in [-0.25, -0.2) is 4.98 Å². The van der Waals surface area contributed by atoms with Crippen molar-refractivity contribution >= 4 is 28.8 Å². The first-order chi connectivity index (χ1) is 15.5. The minimum Gasteiger partial charge on any atom is -0.487 e. The maximum atomic E-state index is 12.3. The molecule has 0 fully saturated rings. The minimum absolute atomic E-state index is 0.0994. The summed E-state index contributed by atoms with van der Waals surface area (Å²) in [5, 5.41) is 3.23. The van der Waals surface area contributed by atoms with E-state index in [2.05, 4.69) is 10.3 Å². The number of nitrogens with zero attached hydrogens (tertiary/aromatic N) is 2. The lowest BCUT2D eigenvalue weighted by Crippen LogP contribution is -2.20. The highest BCUT2D eigenvalue weighted by atomic mass is 35.5. The second kappa shape index (κ2) is 9.53. The lowest BCUT2D eigenvalue weighted by molar-refractivity contribution is -0.118. The molecule has 8 heteroatoms. The fraction of sp³-hybridized carbons (Fsp3) is 0.125. The standard InChI is InChI=1S/C24H20ClN3O4/c1-16-4-2-6-20(10-16)32-15-23(29)27-18-5-3-7-21(11-18)31-14-19-12-24(30)28-13-17(25)8-9-22(28)26-19/h2-13H,14-15H2,1H3,(H,27,29). The summed E-state index contributed by atoms with van der Waals surface area (Å²) in [4.78, 5) is 28.9. The van der Waals surface area contributed by atoms with Crippen molar-refractivity contribution in [3.63, 3.8) is 0 Å². The van der Waals surface area contributed by atoms with Gasteiger partial charge < -0.3 is 14.8 Å². The molecule has 0 spiro atoms. The quantitative estimate of drug-likeness (QED) is 0.456. The third-order valence-electron chi connectivity index (χ3n) is 4.54. The number of nitrogens with one attached hydrogen (secondary N) is 1. The third kappa shape index (κ3) is 5.44. The SMILES string of the molecule is Cc1cccc(OCC(=O)Nc2cccc(OCc3cc(=O)n4cc(Cl)ccc4n3)c2)c1. The van der Waals surface area contributed by atoms with Gasteiger partial charge >= 0.3 is 0 Å². The highest BCUT2D eigenvalue weighted by molar-refractivity contribution is 6.30. The van der Waals surface area contributed by atoms with Crippen LogP contribution in [0, 0.1) is 6.92 Å². The van der Waals surface area contributed by atoms with E-state index in [9.17, 15) is 9.59 Å². The molecular weight excluding hydrogens is 430 g/mol. The molecule has 0 radical (unpaired) electrons. The molecule has 0 aliphatic heterocycles. The average molecular weight is 450 g/mol. The number of amides is 1. The number of rotatable bonds is 7. The highest BCUT2D eigenvalue weighted by Gasteiger charge is 2.07. The number of carbonyl (C=O) groups excluding carboxylic acids is 1. The summed E-state index contributed by atoms with van der Waals surface area (Å²) in [7, 11) is 0. The lowest BCUT2D eigenvalue weighted by Gasteiger charge is -2.10. The zero-order valence-corrected chi connectivity index (χ0v) is 18.0. The van der Waals surface area contributed by atoms with Gasteiger partial charge in [-0.2, -0.15) is 0 Å². The number of benzene rings is 2. The Morgan fingerprint density at radius 1 is 1.03 bits per heavy atom. The number of hydrogen-bond donors (Lipinski definition) is 1. The van der Waals surface area contributed by atoms with Gasteiger partial charge in [0.25, 0.3) is 11.5 Å². The molecule has 1 amide bonds. The van der Waals surface area contributed by atoms with E-state index in [1.165, 1.54) is 16.7 Å². The van der Waals surface area contributed by atoms with Crippen molar-refractivity contribution in [3.8, 4) is 11.5 Å². The molecule has 0 unspecified atom stereocenters. The van der Waals surface area contributed by atoms with Crippen LogP contribution in [0.2, 0.25) is 5.02 Å². The van der Waals surface area contributed by atoms with E-state index in [1.54, 1.807) is 42.5 Å². The molecule has 0 saturated heterocycles. The highest BCUT2D eigenvalue weighted by Crippen LogP contribution is 2.19. The molecule has 2 heterocycles. The predicted octanol–water partition coefficient (Wildman–Crippen LogP) is 4.25. The lowest BCUT2D eigenvalue weighted by atomic mass is 10.2. The van der Waals surface area contributed by atoms with Crippen LogP contribution >= 0.6 is 11.6 Å². The second-order valence-corrected chi connectivity index (χ2v) is 7.57. The Bertz CT molecular complexity index is 1340. The van der Waals surface area contributed by atoms with E-state index in [1.807, 2.05) is 25.1 Å². The van der Waals surface area contributed by atoms with E-state index in [-0.39, 0.29) is 24.7 Å². The molecule has 0 aliphatic carbocycles. The number of aryl methyl sites for hydroxylation is 1. The van der Waals surface area contributed by atoms with E-state index in [4.69, 9.17) is 21.1 Å². The smallest absolute Gasteiger partial charge is 0.262 e. The van der Waals surface area contributed by atoms with Gasteiger partial charge in [0.1, 0.15) is 23.8 Å². The predicted molar refractivity (Wildman–Crippen MR) is 123 cm³/mol. The van der Waals surface area contributed by atoms with Crippen LogP contribution in [0.5, 0.6) is 11.5 Å². The van der Waals surface area contributed by atoms with Gasteiger partial charge in [-0.3, -0.25) is 14.0 Å². The molecule has 7 nitrogen and oxygen atoms in total. The zero-order chi connectivity index (χ0) is 22.5. The second-order valence-electron chi connectivity index (χ2n) is 7.13. The summed E-state index contributed by atoms with van der Waals surface area (Å²) in [5.74, 6) is 0.880. The number of anilines is 1. The molecule has 0 aliphatic rings. The number of aromatic nitrogens is 2. The first kappa shape index (κ1) is 21.4. The molecule has 4 aromatic rings. The van der Waals surface area contributed by atoms with Crippen LogP contribution in [0.15, 0.2) is 77.7 Å². The van der Waals surface area contributed by atoms with Gasteiger partial charge in [0.15, 0.2) is 6.61 Å². The molecule has 0 saturated carbocycles. The van der Waals surface area contributed by atoms with Crippen LogP contribution in [-0.2, 0) is 11.4 Å². The molecule has 162 valence electrons. The van der Waals surface area contributed by atoms with Crippen molar-refractivity contribution < 1.29 is 14.3 Å². The number of carbonyl (C=O) groups is 1. The first-order valence-corrected chi connectivity index (χ1v) is 10.2. The number of halogens is 1. The Morgan fingerprint density at radius 3 is 2.62 bits per heavy atom. The maximum absolute atomic E-state index is 12.3. The zero-order valence-electron chi connectivity index (χ0n) is 17.2. The number of pyridine rings is 1. The van der Waals surface area contributed by atoms with Gasteiger partial charge in [0.05, 0.1) is 10.7 Å². The molecule has 2 aromatic carbocycles. The van der Waals surface area contributed by atoms with Crippen molar-refractivity contribution in [3.05, 3.63) is 99.6 Å². The summed E-state index contributed by atoms with van der Waals surface area (Å²) in [6, 6.07) is 19.2. The van der Waals surface area contributed by atoms with E-state index >= 15 is 0 Å². The summed E-state index contributed by atoms with van der Waals surface area (Å²) < 4.78 is 12.7. The molecule has 32 heavy (non-hydrogen) atoms. The summed E-state index contributed by atoms with van der Waals surface area (Å²) in [5.41, 5.74) is 2.35. The van der Waals surface area contributed by atoms with Crippen LogP contribution in [0.3, 0.4) is 0 Å². The summed E-state index contributed by atoms with van der Waals surface area (Å²) >= 11 is 5.93. The molecule has 0 atom stereocenters. The van der Waals surface area contributed by atoms with E-state index < -0.39 is 0 Å². The Hall–Kier alpha value is -3.84. The average Bonchev–Trinajstić information content (AvgIpc) is 2.77. The number of fused-ring (bicyclic) bond motifs is 1. The van der Waals surface area contributed by atoms with Crippen molar-refractivity contribution in [2.75, 3.05) is 11.9 Å². The van der Waals surface area contributed by atoms with Crippen LogP contribution in [-0.4, -0.2) is 21.9 Å². The fourth-order valence-corrected chi connectivity index (χ4v) is 3.23. The monoisotopic (exact) mass is 449 g/mol. The number of hydrogen-bond acceptors (Lipinski definition) is 5. The van der Waals surface area contributed by atoms with Crippen molar-refractivity contribution in [1.82, 2.24) is 9.38 Å². The fourth-order valence-electron chi connectivity index (χ4n) is 3.07. The summed E-state index contributed by atoms with van der Waals surface area (Å²) in [6.07, 6.45) is 1.52. The Morgan fingerprint density at radius 2 is 1.81 bits per heavy atom. The van der Waals surface area contributed by atoms with E-state index in [0.29, 0.717) is 33.6 Å². The van der Waals surface area contributed by atoms with E-state index in [0.717, 1.165) is 5.56 Å². The van der Waals surface area contributed by atoms with Gasteiger partial charge in [0, 0.05) is 24.0 Å². The number of ether oxygens (including phenoxy) is 2. The summed E-state index contributed by atoms with van der Waals surface area (Å²) in [6.45, 7) is 1.95. The van der Waals surface area contributed by atoms with Gasteiger partial charge in [-0.1, -0.05) is 29.8 Å². The van der Waals surface area contributed by atoms with Crippen LogP contribution in [0.4, 0.5) is 5.69 Å². The molecule has 0 bridgehead atoms. The van der Waals surface area contributed by atoms with Crippen LogP contribution < -0.4 is 20.3 Å². The first-order valence-electron chi connectivity index (χ1n) is 9.86. The Balaban J connectivity index is 1.37. The maximum Gasteiger partial charge on any atom is 0.262 e. The normalized spacial score (nSPS) is 10.7. The molecule has 1 N–H and O–H groups in total.